The first kappa shape index (κ1) is 19.1. The Morgan fingerprint density at radius 3 is 2.66 bits per heavy atom. The van der Waals surface area contributed by atoms with Crippen LogP contribution in [0.1, 0.15) is 18.9 Å². The van der Waals surface area contributed by atoms with Crippen molar-refractivity contribution in [1.82, 2.24) is 19.7 Å². The average molecular weight is 408 g/mol. The van der Waals surface area contributed by atoms with Crippen LogP contribution in [-0.2, 0) is 6.54 Å². The van der Waals surface area contributed by atoms with Crippen molar-refractivity contribution in [2.24, 2.45) is 5.10 Å². The summed E-state index contributed by atoms with van der Waals surface area (Å²) in [6.07, 6.45) is 2.71. The lowest BCUT2D eigenvalue weighted by molar-refractivity contribution is 0.716. The molecule has 0 atom stereocenters. The van der Waals surface area contributed by atoms with Crippen LogP contribution in [0.15, 0.2) is 47.6 Å². The summed E-state index contributed by atoms with van der Waals surface area (Å²) < 4.78 is 2.14. The molecule has 0 spiro atoms. The third-order valence-corrected chi connectivity index (χ3v) is 4.90. The van der Waals surface area contributed by atoms with Gasteiger partial charge in [-0.15, -0.1) is 10.2 Å². The summed E-state index contributed by atoms with van der Waals surface area (Å²) in [5, 5.41) is 14.4. The molecule has 0 radical (unpaired) electrons. The number of aromatic nitrogens is 4. The molecule has 29 heavy (non-hydrogen) atoms. The van der Waals surface area contributed by atoms with Crippen molar-refractivity contribution in [2.45, 2.75) is 19.9 Å². The maximum absolute atomic E-state index is 6.18. The van der Waals surface area contributed by atoms with E-state index in [1.807, 2.05) is 56.6 Å². The quantitative estimate of drug-likeness (QED) is 0.375. The summed E-state index contributed by atoms with van der Waals surface area (Å²) in [6.45, 7) is 2.97. The number of aryl methyl sites for hydroxylation is 1. The van der Waals surface area contributed by atoms with Gasteiger partial charge in [0.05, 0.1) is 11.7 Å². The Morgan fingerprint density at radius 1 is 1.14 bits per heavy atom. The molecule has 4 rings (SSSR count). The highest BCUT2D eigenvalue weighted by Gasteiger charge is 2.14. The van der Waals surface area contributed by atoms with Gasteiger partial charge < -0.3 is 9.47 Å². The molecule has 0 aliphatic carbocycles. The van der Waals surface area contributed by atoms with E-state index in [0.717, 1.165) is 46.3 Å². The third-order valence-electron chi connectivity index (χ3n) is 4.66. The monoisotopic (exact) mass is 407 g/mol. The lowest BCUT2D eigenvalue weighted by Gasteiger charge is -2.11. The van der Waals surface area contributed by atoms with Crippen LogP contribution >= 0.6 is 11.6 Å². The average Bonchev–Trinajstić information content (AvgIpc) is 3.01. The lowest BCUT2D eigenvalue weighted by Crippen LogP contribution is -2.08. The third kappa shape index (κ3) is 3.86. The van der Waals surface area contributed by atoms with Crippen LogP contribution in [0.25, 0.3) is 22.1 Å². The number of nitrogens with zero attached hydrogens (tertiary/aromatic N) is 6. The van der Waals surface area contributed by atoms with Gasteiger partial charge in [-0.2, -0.15) is 10.1 Å². The van der Waals surface area contributed by atoms with Crippen molar-refractivity contribution in [1.29, 1.82) is 0 Å². The first-order valence-electron chi connectivity index (χ1n) is 9.45. The van der Waals surface area contributed by atoms with Crippen LogP contribution in [0, 0.1) is 0 Å². The molecule has 2 aromatic heterocycles. The number of benzene rings is 2. The van der Waals surface area contributed by atoms with Crippen molar-refractivity contribution in [2.75, 3.05) is 24.4 Å². The highest BCUT2D eigenvalue weighted by Crippen LogP contribution is 2.29. The minimum absolute atomic E-state index is 0.352. The Labute approximate surface area is 174 Å². The zero-order valence-electron chi connectivity index (χ0n) is 16.6. The smallest absolute Gasteiger partial charge is 0.265 e. The molecule has 0 bridgehead atoms. The van der Waals surface area contributed by atoms with E-state index in [-0.39, 0.29) is 0 Å². The highest BCUT2D eigenvalue weighted by atomic mass is 35.5. The van der Waals surface area contributed by atoms with E-state index in [1.54, 1.807) is 6.21 Å². The number of hydrogen-bond acceptors (Lipinski definition) is 6. The van der Waals surface area contributed by atoms with Crippen LogP contribution in [0.2, 0.25) is 5.02 Å². The molecule has 0 aliphatic heterocycles. The molecule has 0 saturated carbocycles. The Bertz CT molecular complexity index is 1180. The van der Waals surface area contributed by atoms with Gasteiger partial charge in [0, 0.05) is 36.7 Å². The fourth-order valence-electron chi connectivity index (χ4n) is 3.25. The molecule has 8 heteroatoms. The Balaban J connectivity index is 1.63. The van der Waals surface area contributed by atoms with Gasteiger partial charge in [0.1, 0.15) is 5.52 Å². The summed E-state index contributed by atoms with van der Waals surface area (Å²) in [5.41, 5.74) is 7.56. The van der Waals surface area contributed by atoms with Crippen molar-refractivity contribution >= 4 is 51.5 Å². The summed E-state index contributed by atoms with van der Waals surface area (Å²) in [4.78, 5) is 6.70. The van der Waals surface area contributed by atoms with Gasteiger partial charge in [-0.05, 0) is 42.3 Å². The molecule has 0 unspecified atom stereocenters. The number of rotatable bonds is 6. The van der Waals surface area contributed by atoms with Crippen molar-refractivity contribution < 1.29 is 0 Å². The van der Waals surface area contributed by atoms with Gasteiger partial charge in [0.15, 0.2) is 5.65 Å². The van der Waals surface area contributed by atoms with Crippen LogP contribution in [0.5, 0.6) is 0 Å². The molecular formula is C21H22ClN7. The van der Waals surface area contributed by atoms with Gasteiger partial charge in [-0.25, -0.2) is 5.43 Å². The molecule has 4 aromatic rings. The zero-order valence-corrected chi connectivity index (χ0v) is 17.4. The second-order valence-electron chi connectivity index (χ2n) is 6.98. The number of fused-ring (bicyclic) bond motifs is 3. The summed E-state index contributed by atoms with van der Waals surface area (Å²) in [5.74, 6) is 0.352. The van der Waals surface area contributed by atoms with Gasteiger partial charge in [-0.1, -0.05) is 30.7 Å². The maximum atomic E-state index is 6.18. The van der Waals surface area contributed by atoms with Crippen LogP contribution in [0.3, 0.4) is 0 Å². The molecule has 2 aromatic carbocycles. The van der Waals surface area contributed by atoms with Crippen LogP contribution in [0.4, 0.5) is 11.6 Å². The van der Waals surface area contributed by atoms with Crippen molar-refractivity contribution in [3.63, 3.8) is 0 Å². The van der Waals surface area contributed by atoms with E-state index >= 15 is 0 Å². The number of anilines is 2. The SMILES string of the molecule is CCCn1c2ccc(Cl)cc2c2nnc(N/N=C/c3ccc(N(C)C)cc3)nc21. The summed E-state index contributed by atoms with van der Waals surface area (Å²) >= 11 is 6.18. The molecule has 7 nitrogen and oxygen atoms in total. The number of halogens is 1. The Hall–Kier alpha value is -3.19. The van der Waals surface area contributed by atoms with Gasteiger partial charge >= 0.3 is 0 Å². The Morgan fingerprint density at radius 2 is 1.93 bits per heavy atom. The van der Waals surface area contributed by atoms with E-state index in [4.69, 9.17) is 11.6 Å². The minimum atomic E-state index is 0.352. The second-order valence-corrected chi connectivity index (χ2v) is 7.41. The fraction of sp³-hybridized carbons (Fsp3) is 0.238. The standard InChI is InChI=1S/C21H22ClN7/c1-4-11-29-18-10-7-15(22)12-17(18)19-20(29)24-21(27-25-19)26-23-13-14-5-8-16(9-6-14)28(2)3/h5-10,12-13H,4,11H2,1-3H3,(H,24,26,27)/b23-13+. The largest absolute Gasteiger partial charge is 0.378 e. The molecule has 1 N–H and O–H groups in total. The van der Waals surface area contributed by atoms with Crippen molar-refractivity contribution in [3.8, 4) is 0 Å². The first-order valence-corrected chi connectivity index (χ1v) is 9.83. The van der Waals surface area contributed by atoms with E-state index in [2.05, 4.69) is 42.1 Å². The lowest BCUT2D eigenvalue weighted by atomic mass is 10.2. The molecular weight excluding hydrogens is 386 g/mol. The molecule has 2 heterocycles. The second kappa shape index (κ2) is 8.05. The van der Waals surface area contributed by atoms with E-state index in [1.165, 1.54) is 0 Å². The topological polar surface area (TPSA) is 71.2 Å². The van der Waals surface area contributed by atoms with Gasteiger partial charge in [0.25, 0.3) is 5.95 Å². The molecule has 0 aliphatic rings. The van der Waals surface area contributed by atoms with E-state index < -0.39 is 0 Å². The molecule has 0 fully saturated rings. The van der Waals surface area contributed by atoms with Crippen LogP contribution in [-0.4, -0.2) is 40.1 Å². The van der Waals surface area contributed by atoms with E-state index in [0.29, 0.717) is 11.0 Å². The highest BCUT2D eigenvalue weighted by molar-refractivity contribution is 6.31. The van der Waals surface area contributed by atoms with Gasteiger partial charge in [-0.3, -0.25) is 0 Å². The van der Waals surface area contributed by atoms with Crippen molar-refractivity contribution in [3.05, 3.63) is 53.1 Å². The number of nitrogens with one attached hydrogen (secondary N) is 1. The molecule has 0 amide bonds. The fourth-order valence-corrected chi connectivity index (χ4v) is 3.42. The predicted octanol–water partition coefficient (Wildman–Crippen LogP) is 4.55. The number of hydrogen-bond donors (Lipinski definition) is 1. The Kier molecular flexibility index (Phi) is 5.31. The normalized spacial score (nSPS) is 11.6. The number of hydrazone groups is 1. The molecule has 148 valence electrons. The zero-order chi connectivity index (χ0) is 20.4. The summed E-state index contributed by atoms with van der Waals surface area (Å²) in [7, 11) is 4.02. The van der Waals surface area contributed by atoms with E-state index in [9.17, 15) is 0 Å². The summed E-state index contributed by atoms with van der Waals surface area (Å²) in [6, 6.07) is 13.9. The van der Waals surface area contributed by atoms with Crippen LogP contribution < -0.4 is 10.3 Å². The maximum Gasteiger partial charge on any atom is 0.265 e. The first-order chi connectivity index (χ1) is 14.1. The van der Waals surface area contributed by atoms with Gasteiger partial charge in [0.2, 0.25) is 0 Å². The predicted molar refractivity (Wildman–Crippen MR) is 120 cm³/mol. The minimum Gasteiger partial charge on any atom is -0.378 e. The molecule has 0 saturated heterocycles.